The molecular weight excluding hydrogens is 168 g/mol. The zero-order valence-corrected chi connectivity index (χ0v) is 7.91. The molecule has 0 unspecified atom stereocenters. The van der Waals surface area contributed by atoms with Crippen molar-refractivity contribution in [2.75, 3.05) is 19.6 Å². The minimum Gasteiger partial charge on any atom is -0.480 e. The minimum atomic E-state index is -0.892. The second kappa shape index (κ2) is 5.19. The Morgan fingerprint density at radius 1 is 1.38 bits per heavy atom. The molecule has 76 valence electrons. The van der Waals surface area contributed by atoms with Gasteiger partial charge in [0.1, 0.15) is 6.04 Å². The predicted molar refractivity (Wildman–Crippen MR) is 50.5 cm³/mol. The number of nitrogens with zero attached hydrogens (tertiary/aromatic N) is 1. The van der Waals surface area contributed by atoms with Crippen molar-refractivity contribution in [2.45, 2.75) is 31.7 Å². The number of likely N-dealkylation sites (tertiary alicyclic amines) is 1. The Bertz CT molecular complexity index is 167. The topological polar surface area (TPSA) is 66.6 Å². The Kier molecular flexibility index (Phi) is 4.18. The zero-order chi connectivity index (χ0) is 9.68. The van der Waals surface area contributed by atoms with Gasteiger partial charge in [-0.05, 0) is 32.4 Å². The fourth-order valence-electron chi connectivity index (χ4n) is 1.63. The van der Waals surface area contributed by atoms with E-state index in [2.05, 4.69) is 4.90 Å². The molecule has 0 aromatic rings. The van der Waals surface area contributed by atoms with Crippen molar-refractivity contribution < 1.29 is 9.90 Å². The number of aliphatic carboxylic acids is 1. The molecule has 4 nitrogen and oxygen atoms in total. The molecule has 0 aromatic heterocycles. The number of carboxylic acids is 1. The van der Waals surface area contributed by atoms with Crippen LogP contribution >= 0.6 is 0 Å². The van der Waals surface area contributed by atoms with E-state index in [9.17, 15) is 4.79 Å². The van der Waals surface area contributed by atoms with Crippen molar-refractivity contribution in [3.63, 3.8) is 0 Å². The standard InChI is InChI=1S/C9H18N2O2/c10-8(9(12)13)4-7-11-5-2-1-3-6-11/h8H,1-7,10H2,(H,12,13)/t8-/m0/s1. The smallest absolute Gasteiger partial charge is 0.320 e. The largest absolute Gasteiger partial charge is 0.480 e. The first kappa shape index (κ1) is 10.5. The van der Waals surface area contributed by atoms with Gasteiger partial charge < -0.3 is 15.7 Å². The van der Waals surface area contributed by atoms with Crippen molar-refractivity contribution in [3.8, 4) is 0 Å². The molecule has 3 N–H and O–H groups in total. The first-order chi connectivity index (χ1) is 6.20. The molecule has 1 aliphatic heterocycles. The summed E-state index contributed by atoms with van der Waals surface area (Å²) in [5.74, 6) is -0.892. The molecule has 0 aromatic carbocycles. The van der Waals surface area contributed by atoms with E-state index < -0.39 is 12.0 Å². The maximum absolute atomic E-state index is 10.4. The maximum atomic E-state index is 10.4. The molecule has 1 saturated heterocycles. The normalized spacial score (nSPS) is 21.3. The van der Waals surface area contributed by atoms with Gasteiger partial charge in [0, 0.05) is 6.54 Å². The van der Waals surface area contributed by atoms with Crippen LogP contribution in [-0.2, 0) is 4.79 Å². The Morgan fingerprint density at radius 3 is 2.54 bits per heavy atom. The minimum absolute atomic E-state index is 0.565. The second-order valence-electron chi connectivity index (χ2n) is 3.64. The first-order valence-corrected chi connectivity index (χ1v) is 4.91. The fourth-order valence-corrected chi connectivity index (χ4v) is 1.63. The van der Waals surface area contributed by atoms with Gasteiger partial charge in [0.05, 0.1) is 0 Å². The zero-order valence-electron chi connectivity index (χ0n) is 7.91. The quantitative estimate of drug-likeness (QED) is 0.661. The summed E-state index contributed by atoms with van der Waals surface area (Å²) >= 11 is 0. The van der Waals surface area contributed by atoms with Gasteiger partial charge in [-0.25, -0.2) is 0 Å². The molecule has 1 heterocycles. The van der Waals surface area contributed by atoms with Gasteiger partial charge in [0.25, 0.3) is 0 Å². The van der Waals surface area contributed by atoms with E-state index in [1.807, 2.05) is 0 Å². The Balaban J connectivity index is 2.13. The van der Waals surface area contributed by atoms with Crippen LogP contribution < -0.4 is 5.73 Å². The summed E-state index contributed by atoms with van der Waals surface area (Å²) < 4.78 is 0. The molecule has 1 aliphatic rings. The van der Waals surface area contributed by atoms with Crippen molar-refractivity contribution in [3.05, 3.63) is 0 Å². The summed E-state index contributed by atoms with van der Waals surface area (Å²) in [6, 6.07) is -0.693. The molecule has 13 heavy (non-hydrogen) atoms. The number of carbonyl (C=O) groups is 1. The molecule has 1 atom stereocenters. The van der Waals surface area contributed by atoms with Crippen molar-refractivity contribution in [1.82, 2.24) is 4.90 Å². The summed E-state index contributed by atoms with van der Waals surface area (Å²) in [7, 11) is 0. The highest BCUT2D eigenvalue weighted by Gasteiger charge is 2.15. The summed E-state index contributed by atoms with van der Waals surface area (Å²) in [6.45, 7) is 3.03. The third-order valence-corrected chi connectivity index (χ3v) is 2.52. The predicted octanol–water partition coefficient (Wildman–Crippen LogP) is 0.274. The summed E-state index contributed by atoms with van der Waals surface area (Å²) in [6.07, 6.45) is 4.35. The van der Waals surface area contributed by atoms with Gasteiger partial charge >= 0.3 is 5.97 Å². The maximum Gasteiger partial charge on any atom is 0.320 e. The van der Waals surface area contributed by atoms with Crippen LogP contribution in [0, 0.1) is 0 Å². The molecule has 0 aliphatic carbocycles. The van der Waals surface area contributed by atoms with E-state index in [4.69, 9.17) is 10.8 Å². The van der Waals surface area contributed by atoms with Gasteiger partial charge in [-0.15, -0.1) is 0 Å². The third-order valence-electron chi connectivity index (χ3n) is 2.52. The average molecular weight is 186 g/mol. The molecule has 0 spiro atoms. The lowest BCUT2D eigenvalue weighted by molar-refractivity contribution is -0.138. The Hall–Kier alpha value is -0.610. The fraction of sp³-hybridized carbons (Fsp3) is 0.889. The average Bonchev–Trinajstić information content (AvgIpc) is 2.15. The van der Waals surface area contributed by atoms with Crippen LogP contribution in [0.2, 0.25) is 0 Å². The second-order valence-corrected chi connectivity index (χ2v) is 3.64. The van der Waals surface area contributed by atoms with Crippen molar-refractivity contribution >= 4 is 5.97 Å². The molecule has 0 amide bonds. The lowest BCUT2D eigenvalue weighted by Crippen LogP contribution is -2.37. The molecule has 0 bridgehead atoms. The molecular formula is C9H18N2O2. The highest BCUT2D eigenvalue weighted by Crippen LogP contribution is 2.08. The summed E-state index contributed by atoms with van der Waals surface area (Å²) in [4.78, 5) is 12.7. The molecule has 0 saturated carbocycles. The van der Waals surface area contributed by atoms with E-state index in [0.29, 0.717) is 6.42 Å². The molecule has 1 fully saturated rings. The highest BCUT2D eigenvalue weighted by molar-refractivity contribution is 5.72. The van der Waals surface area contributed by atoms with Gasteiger partial charge in [-0.3, -0.25) is 4.79 Å². The number of nitrogens with two attached hydrogens (primary N) is 1. The van der Waals surface area contributed by atoms with Crippen LogP contribution in [0.1, 0.15) is 25.7 Å². The Labute approximate surface area is 78.7 Å². The van der Waals surface area contributed by atoms with Crippen LogP contribution in [0.25, 0.3) is 0 Å². The SMILES string of the molecule is N[C@@H](CCN1CCCCC1)C(=O)O. The summed E-state index contributed by atoms with van der Waals surface area (Å²) in [5, 5.41) is 8.57. The van der Waals surface area contributed by atoms with Crippen LogP contribution in [0.4, 0.5) is 0 Å². The van der Waals surface area contributed by atoms with E-state index in [-0.39, 0.29) is 0 Å². The number of hydrogen-bond donors (Lipinski definition) is 2. The molecule has 0 radical (unpaired) electrons. The van der Waals surface area contributed by atoms with Gasteiger partial charge in [-0.1, -0.05) is 6.42 Å². The van der Waals surface area contributed by atoms with Crippen LogP contribution in [0.15, 0.2) is 0 Å². The lowest BCUT2D eigenvalue weighted by atomic mass is 10.1. The first-order valence-electron chi connectivity index (χ1n) is 4.91. The number of carboxylic acid groups (broad SMARTS) is 1. The van der Waals surface area contributed by atoms with Crippen molar-refractivity contribution in [2.24, 2.45) is 5.73 Å². The van der Waals surface area contributed by atoms with Crippen LogP contribution in [-0.4, -0.2) is 41.7 Å². The van der Waals surface area contributed by atoms with E-state index in [1.54, 1.807) is 0 Å². The number of piperidine rings is 1. The van der Waals surface area contributed by atoms with Crippen LogP contribution in [0.3, 0.4) is 0 Å². The van der Waals surface area contributed by atoms with Crippen LogP contribution in [0.5, 0.6) is 0 Å². The Morgan fingerprint density at radius 2 is 2.00 bits per heavy atom. The highest BCUT2D eigenvalue weighted by atomic mass is 16.4. The van der Waals surface area contributed by atoms with Crippen molar-refractivity contribution in [1.29, 1.82) is 0 Å². The van der Waals surface area contributed by atoms with Gasteiger partial charge in [0.2, 0.25) is 0 Å². The van der Waals surface area contributed by atoms with Gasteiger partial charge in [0.15, 0.2) is 0 Å². The van der Waals surface area contributed by atoms with E-state index in [1.165, 1.54) is 19.3 Å². The van der Waals surface area contributed by atoms with E-state index >= 15 is 0 Å². The monoisotopic (exact) mass is 186 g/mol. The molecule has 4 heteroatoms. The molecule has 1 rings (SSSR count). The summed E-state index contributed by atoms with van der Waals surface area (Å²) in [5.41, 5.74) is 5.41. The van der Waals surface area contributed by atoms with E-state index in [0.717, 1.165) is 19.6 Å². The number of hydrogen-bond acceptors (Lipinski definition) is 3. The third kappa shape index (κ3) is 3.74. The number of rotatable bonds is 4. The van der Waals surface area contributed by atoms with Gasteiger partial charge in [-0.2, -0.15) is 0 Å². The lowest BCUT2D eigenvalue weighted by Gasteiger charge is -2.26.